The van der Waals surface area contributed by atoms with Gasteiger partial charge in [-0.15, -0.1) is 0 Å². The quantitative estimate of drug-likeness (QED) is 0.167. The number of pyridine rings is 1. The van der Waals surface area contributed by atoms with E-state index >= 15 is 0 Å². The molecule has 1 saturated heterocycles. The number of amides is 1. The number of carbonyl (C=O) groups is 1. The molecule has 1 aliphatic heterocycles. The summed E-state index contributed by atoms with van der Waals surface area (Å²) in [4.78, 5) is 22.7. The number of halogens is 1. The Labute approximate surface area is 228 Å². The third kappa shape index (κ3) is 9.15. The van der Waals surface area contributed by atoms with Gasteiger partial charge in [0, 0.05) is 32.0 Å². The fraction of sp³-hybridized carbons (Fsp3) is 0.500. The van der Waals surface area contributed by atoms with E-state index in [0.717, 1.165) is 5.56 Å². The van der Waals surface area contributed by atoms with E-state index in [0.29, 0.717) is 38.8 Å². The Morgan fingerprint density at radius 3 is 2.56 bits per heavy atom. The summed E-state index contributed by atoms with van der Waals surface area (Å²) in [6.45, 7) is 0.246. The molecule has 0 saturated carbocycles. The van der Waals surface area contributed by atoms with Crippen molar-refractivity contribution in [3.63, 3.8) is 0 Å². The fourth-order valence-corrected chi connectivity index (χ4v) is 5.95. The van der Waals surface area contributed by atoms with Crippen molar-refractivity contribution in [3.05, 3.63) is 54.4 Å². The zero-order valence-corrected chi connectivity index (χ0v) is 22.7. The van der Waals surface area contributed by atoms with E-state index in [9.17, 15) is 22.7 Å². The molecule has 0 radical (unpaired) electrons. The van der Waals surface area contributed by atoms with E-state index in [-0.39, 0.29) is 42.0 Å². The molecule has 13 heteroatoms. The molecule has 39 heavy (non-hydrogen) atoms. The van der Waals surface area contributed by atoms with Crippen LogP contribution in [-0.4, -0.2) is 80.3 Å². The number of likely N-dealkylation sites (tertiary alicyclic amines) is 1. The average Bonchev–Trinajstić information content (AvgIpc) is 2.93. The topological polar surface area (TPSA) is 176 Å². The largest absolute Gasteiger partial charge is 0.394 e. The van der Waals surface area contributed by atoms with Crippen LogP contribution in [0.3, 0.4) is 0 Å². The second-order valence-electron chi connectivity index (χ2n) is 9.60. The summed E-state index contributed by atoms with van der Waals surface area (Å²) in [6.07, 6.45) is 4.91. The Balaban J connectivity index is 1.79. The Bertz CT molecular complexity index is 1190. The molecule has 214 valence electrons. The first-order chi connectivity index (χ1) is 18.7. The number of aromatic nitrogens is 1. The van der Waals surface area contributed by atoms with E-state index in [1.54, 1.807) is 4.90 Å². The standard InChI is InChI=1S/C26H38FN7O4S/c27-11-6-19-9-14-34(15-10-19)25(36)23(8-13-31-26(28)29)33-39(37,38)24-17-30-12-7-22(24)32-21(18-35)16-20-4-2-1-3-5-20/h1-5,7,12,17,19,21,23,33,35H,6,8-11,13-16,18H2,(H,30,32)(H4,28,29,31)/t21-,23-/m0/s1. The highest BCUT2D eigenvalue weighted by molar-refractivity contribution is 7.89. The van der Waals surface area contributed by atoms with Gasteiger partial charge >= 0.3 is 0 Å². The number of hydrogen-bond acceptors (Lipinski definition) is 7. The Morgan fingerprint density at radius 1 is 1.21 bits per heavy atom. The van der Waals surface area contributed by atoms with Crippen LogP contribution >= 0.6 is 0 Å². The van der Waals surface area contributed by atoms with Gasteiger partial charge in [0.2, 0.25) is 15.9 Å². The number of sulfonamides is 1. The Hall–Kier alpha value is -3.29. The Kier molecular flexibility index (Phi) is 11.4. The minimum Gasteiger partial charge on any atom is -0.394 e. The third-order valence-corrected chi connectivity index (χ3v) is 8.23. The molecule has 0 unspecified atom stereocenters. The predicted molar refractivity (Wildman–Crippen MR) is 148 cm³/mol. The number of benzene rings is 1. The summed E-state index contributed by atoms with van der Waals surface area (Å²) in [5.74, 6) is -0.350. The monoisotopic (exact) mass is 563 g/mol. The predicted octanol–water partition coefficient (Wildman–Crippen LogP) is 1.01. The smallest absolute Gasteiger partial charge is 0.244 e. The zero-order valence-electron chi connectivity index (χ0n) is 21.9. The molecule has 7 N–H and O–H groups in total. The second kappa shape index (κ2) is 14.8. The van der Waals surface area contributed by atoms with Crippen molar-refractivity contribution in [3.8, 4) is 0 Å². The lowest BCUT2D eigenvalue weighted by molar-refractivity contribution is -0.134. The summed E-state index contributed by atoms with van der Waals surface area (Å²) in [6, 6.07) is 9.43. The lowest BCUT2D eigenvalue weighted by atomic mass is 9.93. The van der Waals surface area contributed by atoms with Crippen molar-refractivity contribution in [1.82, 2.24) is 14.6 Å². The van der Waals surface area contributed by atoms with Crippen molar-refractivity contribution in [2.45, 2.75) is 49.1 Å². The number of aliphatic hydroxyl groups is 1. The van der Waals surface area contributed by atoms with Crippen LogP contribution in [0.25, 0.3) is 0 Å². The molecule has 1 amide bonds. The first kappa shape index (κ1) is 30.3. The number of anilines is 1. The minimum absolute atomic E-state index is 0.0384. The van der Waals surface area contributed by atoms with Gasteiger partial charge in [0.15, 0.2) is 5.96 Å². The number of aliphatic imine (C=N–C) groups is 1. The molecular weight excluding hydrogens is 525 g/mol. The van der Waals surface area contributed by atoms with Gasteiger partial charge in [-0.1, -0.05) is 30.3 Å². The SMILES string of the molecule is NC(N)=NCC[C@H](NS(=O)(=O)c1cnccc1N[C@H](CO)Cc1ccccc1)C(=O)N1CCC(CCF)CC1. The molecular formula is C26H38FN7O4S. The highest BCUT2D eigenvalue weighted by atomic mass is 32.2. The number of piperidine rings is 1. The first-order valence-electron chi connectivity index (χ1n) is 13.0. The molecule has 1 fully saturated rings. The summed E-state index contributed by atoms with van der Waals surface area (Å²) in [7, 11) is -4.24. The van der Waals surface area contributed by atoms with Gasteiger partial charge in [-0.3, -0.25) is 19.2 Å². The number of alkyl halides is 1. The van der Waals surface area contributed by atoms with Gasteiger partial charge in [-0.2, -0.15) is 4.72 Å². The maximum atomic E-state index is 13.6. The van der Waals surface area contributed by atoms with Crippen LogP contribution in [0.5, 0.6) is 0 Å². The summed E-state index contributed by atoms with van der Waals surface area (Å²) in [5.41, 5.74) is 12.1. The van der Waals surface area contributed by atoms with Crippen LogP contribution in [0.2, 0.25) is 0 Å². The van der Waals surface area contributed by atoms with Crippen molar-refractivity contribution >= 4 is 27.6 Å². The highest BCUT2D eigenvalue weighted by Gasteiger charge is 2.32. The second-order valence-corrected chi connectivity index (χ2v) is 11.3. The maximum absolute atomic E-state index is 13.6. The van der Waals surface area contributed by atoms with Gasteiger partial charge in [-0.25, -0.2) is 8.42 Å². The summed E-state index contributed by atoms with van der Waals surface area (Å²) >= 11 is 0. The van der Waals surface area contributed by atoms with E-state index in [1.165, 1.54) is 18.5 Å². The zero-order chi connectivity index (χ0) is 28.3. The normalized spacial score (nSPS) is 15.9. The van der Waals surface area contributed by atoms with Crippen LogP contribution in [0.15, 0.2) is 58.7 Å². The van der Waals surface area contributed by atoms with Crippen molar-refractivity contribution in [2.24, 2.45) is 22.4 Å². The van der Waals surface area contributed by atoms with Gasteiger partial charge in [0.25, 0.3) is 0 Å². The summed E-state index contributed by atoms with van der Waals surface area (Å²) in [5, 5.41) is 13.1. The average molecular weight is 564 g/mol. The van der Waals surface area contributed by atoms with Crippen LogP contribution in [0.4, 0.5) is 10.1 Å². The molecule has 1 aromatic heterocycles. The minimum atomic E-state index is -4.24. The Morgan fingerprint density at radius 2 is 1.92 bits per heavy atom. The van der Waals surface area contributed by atoms with Gasteiger partial charge < -0.3 is 26.8 Å². The van der Waals surface area contributed by atoms with E-state index < -0.39 is 34.7 Å². The van der Waals surface area contributed by atoms with Gasteiger partial charge in [-0.05, 0) is 49.7 Å². The molecule has 3 rings (SSSR count). The van der Waals surface area contributed by atoms with E-state index in [2.05, 4.69) is 20.0 Å². The molecule has 2 heterocycles. The number of nitrogens with one attached hydrogen (secondary N) is 2. The lowest BCUT2D eigenvalue weighted by Crippen LogP contribution is -2.51. The molecule has 2 atom stereocenters. The number of nitrogens with zero attached hydrogens (tertiary/aromatic N) is 3. The number of nitrogens with two attached hydrogens (primary N) is 2. The van der Waals surface area contributed by atoms with Crippen molar-refractivity contribution in [2.75, 3.05) is 38.2 Å². The van der Waals surface area contributed by atoms with E-state index in [1.807, 2.05) is 30.3 Å². The van der Waals surface area contributed by atoms with Crippen molar-refractivity contribution in [1.29, 1.82) is 0 Å². The molecule has 1 aromatic carbocycles. The van der Waals surface area contributed by atoms with E-state index in [4.69, 9.17) is 11.5 Å². The fourth-order valence-electron chi connectivity index (χ4n) is 4.62. The molecule has 0 bridgehead atoms. The van der Waals surface area contributed by atoms with Crippen LogP contribution in [-0.2, 0) is 21.2 Å². The first-order valence-corrected chi connectivity index (χ1v) is 14.5. The van der Waals surface area contributed by atoms with Crippen LogP contribution in [0, 0.1) is 5.92 Å². The molecule has 2 aromatic rings. The summed E-state index contributed by atoms with van der Waals surface area (Å²) < 4.78 is 42.4. The number of carbonyl (C=O) groups excluding carboxylic acids is 1. The molecule has 1 aliphatic rings. The molecule has 11 nitrogen and oxygen atoms in total. The third-order valence-electron chi connectivity index (χ3n) is 6.73. The number of guanidine groups is 1. The van der Waals surface area contributed by atoms with Gasteiger partial charge in [0.1, 0.15) is 10.9 Å². The van der Waals surface area contributed by atoms with Crippen molar-refractivity contribution < 1.29 is 22.7 Å². The molecule has 0 spiro atoms. The maximum Gasteiger partial charge on any atom is 0.244 e. The van der Waals surface area contributed by atoms with Gasteiger partial charge in [0.05, 0.1) is 25.0 Å². The van der Waals surface area contributed by atoms with Crippen LogP contribution < -0.4 is 21.5 Å². The van der Waals surface area contributed by atoms with Crippen LogP contribution in [0.1, 0.15) is 31.2 Å². The molecule has 0 aliphatic carbocycles. The lowest BCUT2D eigenvalue weighted by Gasteiger charge is -2.34. The number of hydrogen-bond donors (Lipinski definition) is 5. The number of rotatable bonds is 14. The number of aliphatic hydroxyl groups excluding tert-OH is 1. The highest BCUT2D eigenvalue weighted by Crippen LogP contribution is 2.24.